The van der Waals surface area contributed by atoms with E-state index >= 15 is 0 Å². The molecule has 0 amide bonds. The average molecular weight is 441 g/mol. The molecule has 2 aromatic carbocycles. The molecular formula is C22H17ClN2O4S. The van der Waals surface area contributed by atoms with Crippen LogP contribution in [0.4, 0.5) is 0 Å². The van der Waals surface area contributed by atoms with Crippen molar-refractivity contribution in [2.45, 2.75) is 11.4 Å². The number of nitrogens with zero attached hydrogens (tertiary/aromatic N) is 1. The van der Waals surface area contributed by atoms with Crippen molar-refractivity contribution in [3.05, 3.63) is 95.8 Å². The monoisotopic (exact) mass is 440 g/mol. The van der Waals surface area contributed by atoms with Gasteiger partial charge < -0.3 is 9.15 Å². The number of benzene rings is 2. The number of halogens is 1. The molecule has 0 unspecified atom stereocenters. The summed E-state index contributed by atoms with van der Waals surface area (Å²) in [6, 6.07) is 20.2. The first-order valence-corrected chi connectivity index (χ1v) is 10.9. The number of hydrogen-bond donors (Lipinski definition) is 1. The Balaban J connectivity index is 1.48. The number of hydrogen-bond acceptors (Lipinski definition) is 5. The fourth-order valence-corrected chi connectivity index (χ4v) is 3.99. The standard InChI is InChI=1S/C22H17ClN2O4S/c23-19-6-1-2-7-20(19)29-17-9-11-18(12-10-17)30(26,27)25-15-16-5-3-13-24-22(16)21-8-4-14-28-21/h1-14,25H,15H2. The third kappa shape index (κ3) is 4.54. The molecule has 6 nitrogen and oxygen atoms in total. The van der Waals surface area contributed by atoms with E-state index in [4.69, 9.17) is 20.8 Å². The SMILES string of the molecule is O=S(=O)(NCc1cccnc1-c1ccco1)c1ccc(Oc2ccccc2Cl)cc1. The van der Waals surface area contributed by atoms with E-state index in [2.05, 4.69) is 9.71 Å². The van der Waals surface area contributed by atoms with Crippen LogP contribution in [-0.2, 0) is 16.6 Å². The molecule has 0 atom stereocenters. The summed E-state index contributed by atoms with van der Waals surface area (Å²) in [7, 11) is -3.73. The maximum Gasteiger partial charge on any atom is 0.240 e. The van der Waals surface area contributed by atoms with E-state index in [1.165, 1.54) is 12.1 Å². The summed E-state index contributed by atoms with van der Waals surface area (Å²) in [5, 5.41) is 0.472. The Morgan fingerprint density at radius 3 is 2.50 bits per heavy atom. The van der Waals surface area contributed by atoms with E-state index in [-0.39, 0.29) is 11.4 Å². The third-order valence-corrected chi connectivity index (χ3v) is 6.03. The zero-order chi connectivity index (χ0) is 21.0. The molecule has 0 bridgehead atoms. The molecule has 152 valence electrons. The molecule has 30 heavy (non-hydrogen) atoms. The number of nitrogens with one attached hydrogen (secondary N) is 1. The summed E-state index contributed by atoms with van der Waals surface area (Å²) >= 11 is 6.08. The van der Waals surface area contributed by atoms with Gasteiger partial charge in [-0.25, -0.2) is 13.1 Å². The van der Waals surface area contributed by atoms with Crippen molar-refractivity contribution >= 4 is 21.6 Å². The molecule has 0 aliphatic heterocycles. The lowest BCUT2D eigenvalue weighted by atomic mass is 10.1. The van der Waals surface area contributed by atoms with Gasteiger partial charge in [0.05, 0.1) is 16.2 Å². The molecule has 8 heteroatoms. The van der Waals surface area contributed by atoms with Gasteiger partial charge in [0, 0.05) is 12.7 Å². The summed E-state index contributed by atoms with van der Waals surface area (Å²) in [5.74, 6) is 1.55. The Morgan fingerprint density at radius 1 is 0.967 bits per heavy atom. The van der Waals surface area contributed by atoms with E-state index in [0.29, 0.717) is 33.5 Å². The van der Waals surface area contributed by atoms with Gasteiger partial charge in [0.25, 0.3) is 0 Å². The van der Waals surface area contributed by atoms with Gasteiger partial charge in [-0.3, -0.25) is 4.98 Å². The van der Waals surface area contributed by atoms with Crippen molar-refractivity contribution in [2.75, 3.05) is 0 Å². The predicted octanol–water partition coefficient (Wildman–Crippen LogP) is 5.27. The van der Waals surface area contributed by atoms with Crippen molar-refractivity contribution < 1.29 is 17.6 Å². The van der Waals surface area contributed by atoms with Crippen LogP contribution in [0.3, 0.4) is 0 Å². The molecule has 0 aliphatic carbocycles. The van der Waals surface area contributed by atoms with Crippen molar-refractivity contribution in [3.8, 4) is 23.0 Å². The summed E-state index contributed by atoms with van der Waals surface area (Å²) in [4.78, 5) is 4.42. The van der Waals surface area contributed by atoms with E-state index in [0.717, 1.165) is 0 Å². The molecule has 1 N–H and O–H groups in total. The van der Waals surface area contributed by atoms with E-state index in [1.54, 1.807) is 73.1 Å². The third-order valence-electron chi connectivity index (χ3n) is 4.30. The van der Waals surface area contributed by atoms with Gasteiger partial charge in [-0.2, -0.15) is 0 Å². The lowest BCUT2D eigenvalue weighted by Crippen LogP contribution is -2.23. The van der Waals surface area contributed by atoms with Crippen LogP contribution < -0.4 is 9.46 Å². The van der Waals surface area contributed by atoms with Crippen LogP contribution in [0.5, 0.6) is 11.5 Å². The van der Waals surface area contributed by atoms with Crippen molar-refractivity contribution in [3.63, 3.8) is 0 Å². The van der Waals surface area contributed by atoms with Crippen LogP contribution in [0, 0.1) is 0 Å². The summed E-state index contributed by atoms with van der Waals surface area (Å²) in [5.41, 5.74) is 1.29. The molecule has 4 aromatic rings. The minimum Gasteiger partial charge on any atom is -0.463 e. The number of aromatic nitrogens is 1. The highest BCUT2D eigenvalue weighted by atomic mass is 35.5. The van der Waals surface area contributed by atoms with Gasteiger partial charge in [-0.05, 0) is 60.2 Å². The van der Waals surface area contributed by atoms with Crippen molar-refractivity contribution in [1.29, 1.82) is 0 Å². The van der Waals surface area contributed by atoms with Gasteiger partial charge in [-0.15, -0.1) is 0 Å². The quantitative estimate of drug-likeness (QED) is 0.423. The number of pyridine rings is 1. The van der Waals surface area contributed by atoms with Crippen LogP contribution in [0.15, 0.2) is 94.6 Å². The van der Waals surface area contributed by atoms with Crippen molar-refractivity contribution in [1.82, 2.24) is 9.71 Å². The van der Waals surface area contributed by atoms with Crippen LogP contribution >= 0.6 is 11.6 Å². The molecule has 0 fully saturated rings. The molecule has 0 spiro atoms. The van der Waals surface area contributed by atoms with Gasteiger partial charge in [0.15, 0.2) is 5.76 Å². The predicted molar refractivity (Wildman–Crippen MR) is 114 cm³/mol. The minimum atomic E-state index is -3.73. The molecular weight excluding hydrogens is 424 g/mol. The van der Waals surface area contributed by atoms with E-state index in [1.807, 2.05) is 0 Å². The Hall–Kier alpha value is -3.13. The van der Waals surface area contributed by atoms with Gasteiger partial charge >= 0.3 is 0 Å². The highest BCUT2D eigenvalue weighted by molar-refractivity contribution is 7.89. The molecule has 0 saturated carbocycles. The summed E-state index contributed by atoms with van der Waals surface area (Å²) in [6.07, 6.45) is 3.18. The Kier molecular flexibility index (Phi) is 5.85. The number of rotatable bonds is 7. The largest absolute Gasteiger partial charge is 0.463 e. The molecule has 4 rings (SSSR count). The van der Waals surface area contributed by atoms with Crippen LogP contribution in [0.25, 0.3) is 11.5 Å². The summed E-state index contributed by atoms with van der Waals surface area (Å²) < 4.78 is 39.1. The highest BCUT2D eigenvalue weighted by Gasteiger charge is 2.16. The average Bonchev–Trinajstić information content (AvgIpc) is 3.29. The van der Waals surface area contributed by atoms with Crippen LogP contribution in [0.2, 0.25) is 5.02 Å². The number of ether oxygens (including phenoxy) is 1. The maximum atomic E-state index is 12.7. The second kappa shape index (κ2) is 8.71. The van der Waals surface area contributed by atoms with Crippen molar-refractivity contribution in [2.24, 2.45) is 0 Å². The molecule has 0 radical (unpaired) electrons. The first-order chi connectivity index (χ1) is 14.5. The topological polar surface area (TPSA) is 81.4 Å². The minimum absolute atomic E-state index is 0.0735. The Morgan fingerprint density at radius 2 is 1.77 bits per heavy atom. The van der Waals surface area contributed by atoms with Crippen LogP contribution in [0.1, 0.15) is 5.56 Å². The first kappa shape index (κ1) is 20.2. The van der Waals surface area contributed by atoms with Crippen LogP contribution in [-0.4, -0.2) is 13.4 Å². The zero-order valence-corrected chi connectivity index (χ0v) is 17.2. The summed E-state index contributed by atoms with van der Waals surface area (Å²) in [6.45, 7) is 0.0735. The smallest absolute Gasteiger partial charge is 0.240 e. The fraction of sp³-hybridized carbons (Fsp3) is 0.0455. The van der Waals surface area contributed by atoms with E-state index in [9.17, 15) is 8.42 Å². The number of furan rings is 1. The highest BCUT2D eigenvalue weighted by Crippen LogP contribution is 2.29. The number of para-hydroxylation sites is 1. The van der Waals surface area contributed by atoms with E-state index < -0.39 is 10.0 Å². The van der Waals surface area contributed by atoms with Gasteiger partial charge in [0.1, 0.15) is 17.2 Å². The maximum absolute atomic E-state index is 12.7. The van der Waals surface area contributed by atoms with Gasteiger partial charge in [0.2, 0.25) is 10.0 Å². The normalized spacial score (nSPS) is 11.4. The lowest BCUT2D eigenvalue weighted by Gasteiger charge is -2.11. The molecule has 2 aromatic heterocycles. The zero-order valence-electron chi connectivity index (χ0n) is 15.7. The molecule has 2 heterocycles. The second-order valence-electron chi connectivity index (χ2n) is 6.32. The Labute approximate surface area is 179 Å². The molecule has 0 saturated heterocycles. The number of sulfonamides is 1. The second-order valence-corrected chi connectivity index (χ2v) is 8.49. The fourth-order valence-electron chi connectivity index (χ4n) is 2.81. The first-order valence-electron chi connectivity index (χ1n) is 9.03. The van der Waals surface area contributed by atoms with Gasteiger partial charge in [-0.1, -0.05) is 29.8 Å². The lowest BCUT2D eigenvalue weighted by molar-refractivity contribution is 0.482. The Bertz CT molecular complexity index is 1240. The molecule has 0 aliphatic rings.